The summed E-state index contributed by atoms with van der Waals surface area (Å²) in [5.41, 5.74) is 0.109. The number of aliphatic hydroxyl groups is 1. The van der Waals surface area contributed by atoms with Crippen LogP contribution in [-0.4, -0.2) is 23.3 Å². The molecule has 15 heavy (non-hydrogen) atoms. The van der Waals surface area contributed by atoms with Crippen LogP contribution in [0.5, 0.6) is 0 Å². The zero-order valence-electron chi connectivity index (χ0n) is 9.32. The van der Waals surface area contributed by atoms with Crippen molar-refractivity contribution < 1.29 is 14.6 Å². The van der Waals surface area contributed by atoms with Crippen molar-refractivity contribution in [3.63, 3.8) is 0 Å². The normalized spacial score (nSPS) is 29.9. The lowest BCUT2D eigenvalue weighted by Gasteiger charge is -2.30. The predicted molar refractivity (Wildman–Crippen MR) is 58.3 cm³/mol. The highest BCUT2D eigenvalue weighted by Gasteiger charge is 2.29. The molecule has 0 aliphatic heterocycles. The van der Waals surface area contributed by atoms with Crippen molar-refractivity contribution >= 4 is 5.97 Å². The van der Waals surface area contributed by atoms with Crippen molar-refractivity contribution in [3.05, 3.63) is 24.3 Å². The van der Waals surface area contributed by atoms with E-state index in [1.54, 1.807) is 6.08 Å². The summed E-state index contributed by atoms with van der Waals surface area (Å²) in [6.07, 6.45) is 5.12. The molecule has 1 rings (SSSR count). The third-order valence-corrected chi connectivity index (χ3v) is 2.69. The Labute approximate surface area is 90.4 Å². The van der Waals surface area contributed by atoms with Crippen LogP contribution in [0.4, 0.5) is 0 Å². The maximum Gasteiger partial charge on any atom is 0.302 e. The maximum atomic E-state index is 10.6. The largest absolute Gasteiger partial charge is 0.462 e. The molecule has 1 aliphatic carbocycles. The lowest BCUT2D eigenvalue weighted by molar-refractivity contribution is -0.147. The molecule has 0 aromatic carbocycles. The summed E-state index contributed by atoms with van der Waals surface area (Å²) in [6, 6.07) is 0. The van der Waals surface area contributed by atoms with Gasteiger partial charge >= 0.3 is 5.97 Å². The quantitative estimate of drug-likeness (QED) is 0.571. The number of hydrogen-bond acceptors (Lipinski definition) is 3. The molecule has 84 valence electrons. The molecular weight excluding hydrogens is 192 g/mol. The third kappa shape index (κ3) is 3.51. The second-order valence-corrected chi connectivity index (χ2v) is 4.23. The number of carbonyl (C=O) groups excluding carboxylic acids is 1. The van der Waals surface area contributed by atoms with Crippen molar-refractivity contribution in [2.24, 2.45) is 5.92 Å². The highest BCUT2D eigenvalue weighted by molar-refractivity contribution is 5.66. The van der Waals surface area contributed by atoms with Gasteiger partial charge in [-0.3, -0.25) is 4.79 Å². The van der Waals surface area contributed by atoms with Crippen molar-refractivity contribution in [2.45, 2.75) is 32.3 Å². The molecule has 0 heterocycles. The molecule has 0 radical (unpaired) electrons. The van der Waals surface area contributed by atoms with Gasteiger partial charge < -0.3 is 9.84 Å². The van der Waals surface area contributed by atoms with E-state index < -0.39 is 5.60 Å². The minimum Gasteiger partial charge on any atom is -0.462 e. The van der Waals surface area contributed by atoms with Crippen LogP contribution in [-0.2, 0) is 9.53 Å². The van der Waals surface area contributed by atoms with Gasteiger partial charge in [-0.05, 0) is 25.7 Å². The Bertz CT molecular complexity index is 293. The van der Waals surface area contributed by atoms with Crippen molar-refractivity contribution in [3.8, 4) is 0 Å². The van der Waals surface area contributed by atoms with Gasteiger partial charge in [0.25, 0.3) is 0 Å². The minimum atomic E-state index is -0.988. The fourth-order valence-corrected chi connectivity index (χ4v) is 1.64. The van der Waals surface area contributed by atoms with Crippen LogP contribution in [0.25, 0.3) is 0 Å². The van der Waals surface area contributed by atoms with Gasteiger partial charge in [-0.1, -0.05) is 24.3 Å². The van der Waals surface area contributed by atoms with Crippen LogP contribution in [0, 0.1) is 5.92 Å². The first-order valence-electron chi connectivity index (χ1n) is 5.13. The lowest BCUT2D eigenvalue weighted by Crippen LogP contribution is -2.36. The smallest absolute Gasteiger partial charge is 0.302 e. The monoisotopic (exact) mass is 210 g/mol. The van der Waals surface area contributed by atoms with E-state index in [1.807, 2.05) is 13.0 Å². The van der Waals surface area contributed by atoms with E-state index in [1.165, 1.54) is 6.92 Å². The number of rotatable bonds is 3. The van der Waals surface area contributed by atoms with Gasteiger partial charge in [0.1, 0.15) is 12.2 Å². The number of ether oxygens (including phenoxy) is 1. The van der Waals surface area contributed by atoms with Gasteiger partial charge in [-0.15, -0.1) is 0 Å². The first kappa shape index (κ1) is 12.0. The summed E-state index contributed by atoms with van der Waals surface area (Å²) >= 11 is 0. The Morgan fingerprint density at radius 2 is 2.33 bits per heavy atom. The molecule has 0 amide bonds. The van der Waals surface area contributed by atoms with Crippen molar-refractivity contribution in [1.29, 1.82) is 0 Å². The number of esters is 1. The predicted octanol–water partition coefficient (Wildman–Crippen LogP) is 1.82. The Kier molecular flexibility index (Phi) is 3.69. The van der Waals surface area contributed by atoms with Crippen molar-refractivity contribution in [1.82, 2.24) is 0 Å². The Hall–Kier alpha value is -1.09. The average Bonchev–Trinajstić information content (AvgIpc) is 2.16. The van der Waals surface area contributed by atoms with E-state index in [2.05, 4.69) is 6.58 Å². The molecule has 1 unspecified atom stereocenters. The summed E-state index contributed by atoms with van der Waals surface area (Å²) in [5, 5.41) is 10.0. The van der Waals surface area contributed by atoms with Gasteiger partial charge in [0.2, 0.25) is 0 Å². The summed E-state index contributed by atoms with van der Waals surface area (Å²) in [5.74, 6) is -0.0264. The molecule has 1 aliphatic rings. The molecule has 0 aromatic rings. The maximum absolute atomic E-state index is 10.6. The van der Waals surface area contributed by atoms with Crippen LogP contribution in [0.1, 0.15) is 26.7 Å². The molecule has 0 spiro atoms. The minimum absolute atomic E-state index is 0.0434. The summed E-state index contributed by atoms with van der Waals surface area (Å²) in [6.45, 7) is 7.24. The van der Waals surface area contributed by atoms with E-state index in [0.29, 0.717) is 12.3 Å². The van der Waals surface area contributed by atoms with Gasteiger partial charge in [-0.25, -0.2) is 0 Å². The third-order valence-electron chi connectivity index (χ3n) is 2.69. The number of carbonyl (C=O) groups is 1. The molecule has 0 saturated carbocycles. The van der Waals surface area contributed by atoms with E-state index in [4.69, 9.17) is 4.74 Å². The van der Waals surface area contributed by atoms with Gasteiger partial charge in [0, 0.05) is 6.92 Å². The molecule has 1 N–H and O–H groups in total. The lowest BCUT2D eigenvalue weighted by atomic mass is 9.83. The molecule has 3 heteroatoms. The van der Waals surface area contributed by atoms with Gasteiger partial charge in [-0.2, -0.15) is 0 Å². The number of hydrogen-bond donors (Lipinski definition) is 1. The molecule has 0 saturated heterocycles. The Morgan fingerprint density at radius 3 is 2.73 bits per heavy atom. The first-order chi connectivity index (χ1) is 6.93. The summed E-state index contributed by atoms with van der Waals surface area (Å²) < 4.78 is 4.82. The van der Waals surface area contributed by atoms with Crippen LogP contribution in [0.3, 0.4) is 0 Å². The molecular formula is C12H18O3. The standard InChI is InChI=1S/C12H18O3/c1-9(2)11-4-6-12(14,7-5-11)8-15-10(3)13/h4,6,11,14H,1,5,7-8H2,2-3H3/t11?,12-/m1/s1. The summed E-state index contributed by atoms with van der Waals surface area (Å²) in [7, 11) is 0. The zero-order chi connectivity index (χ0) is 11.5. The van der Waals surface area contributed by atoms with Crippen LogP contribution >= 0.6 is 0 Å². The topological polar surface area (TPSA) is 46.5 Å². The molecule has 2 atom stereocenters. The summed E-state index contributed by atoms with van der Waals surface area (Å²) in [4.78, 5) is 10.6. The molecule has 3 nitrogen and oxygen atoms in total. The highest BCUT2D eigenvalue weighted by atomic mass is 16.5. The van der Waals surface area contributed by atoms with E-state index in [-0.39, 0.29) is 12.6 Å². The molecule has 0 fully saturated rings. The first-order valence-corrected chi connectivity index (χ1v) is 5.13. The highest BCUT2D eigenvalue weighted by Crippen LogP contribution is 2.29. The SMILES string of the molecule is C=C(C)C1C=C[C@](O)(COC(C)=O)CC1. The second kappa shape index (κ2) is 4.62. The second-order valence-electron chi connectivity index (χ2n) is 4.23. The van der Waals surface area contributed by atoms with E-state index in [9.17, 15) is 9.90 Å². The van der Waals surface area contributed by atoms with Gasteiger partial charge in [0.05, 0.1) is 0 Å². The van der Waals surface area contributed by atoms with Gasteiger partial charge in [0.15, 0.2) is 0 Å². The molecule has 0 aromatic heterocycles. The average molecular weight is 210 g/mol. The Morgan fingerprint density at radius 1 is 1.67 bits per heavy atom. The zero-order valence-corrected chi connectivity index (χ0v) is 9.32. The van der Waals surface area contributed by atoms with Crippen LogP contribution in [0.15, 0.2) is 24.3 Å². The van der Waals surface area contributed by atoms with Crippen LogP contribution in [0.2, 0.25) is 0 Å². The van der Waals surface area contributed by atoms with Crippen molar-refractivity contribution in [2.75, 3.05) is 6.61 Å². The Balaban J connectivity index is 2.55. The molecule has 0 bridgehead atoms. The number of allylic oxidation sites excluding steroid dienone is 2. The fourth-order valence-electron chi connectivity index (χ4n) is 1.64. The van der Waals surface area contributed by atoms with Crippen LogP contribution < -0.4 is 0 Å². The van der Waals surface area contributed by atoms with E-state index >= 15 is 0 Å². The fraction of sp³-hybridized carbons (Fsp3) is 0.583. The van der Waals surface area contributed by atoms with E-state index in [0.717, 1.165) is 12.0 Å².